The Kier molecular flexibility index (Phi) is 6.44. The Balaban J connectivity index is 3.01. The molecule has 0 amide bonds. The smallest absolute Gasteiger partial charge is 0.0598 e. The zero-order chi connectivity index (χ0) is 13.5. The molecule has 102 valence electrons. The Morgan fingerprint density at radius 3 is 2.17 bits per heavy atom. The summed E-state index contributed by atoms with van der Waals surface area (Å²) in [6, 6.07) is 6.35. The topological polar surface area (TPSA) is 18.5 Å². The summed E-state index contributed by atoms with van der Waals surface area (Å²) in [6.07, 6.45) is 0. The fourth-order valence-corrected chi connectivity index (χ4v) is 2.29. The predicted octanol–water partition coefficient (Wildman–Crippen LogP) is 3.08. The van der Waals surface area contributed by atoms with Crippen molar-refractivity contribution in [1.82, 2.24) is 0 Å². The molecule has 5 heteroatoms. The molecule has 1 rings (SSSR count). The lowest BCUT2D eigenvalue weighted by atomic mass is 10.2. The molecular weight excluding hydrogens is 269 g/mol. The van der Waals surface area contributed by atoms with E-state index in [-0.39, 0.29) is 0 Å². The zero-order valence-corrected chi connectivity index (χ0v) is 12.7. The van der Waals surface area contributed by atoms with E-state index in [9.17, 15) is 0 Å². The van der Waals surface area contributed by atoms with Gasteiger partial charge in [0.15, 0.2) is 0 Å². The van der Waals surface area contributed by atoms with Crippen LogP contribution in [0.1, 0.15) is 0 Å². The van der Waals surface area contributed by atoms with E-state index in [4.69, 9.17) is 23.2 Å². The molecule has 0 atom stereocenters. The number of halogens is 2. The van der Waals surface area contributed by atoms with Gasteiger partial charge < -0.3 is 15.1 Å². The molecule has 0 spiro atoms. The van der Waals surface area contributed by atoms with Gasteiger partial charge in [0.25, 0.3) is 0 Å². The average Bonchev–Trinajstić information content (AvgIpc) is 2.37. The second-order valence-electron chi connectivity index (χ2n) is 4.21. The fourth-order valence-electron chi connectivity index (χ4n) is 1.88. The molecule has 0 heterocycles. The molecule has 0 aliphatic rings. The van der Waals surface area contributed by atoms with Crippen LogP contribution in [0.25, 0.3) is 0 Å². The van der Waals surface area contributed by atoms with E-state index >= 15 is 0 Å². The van der Waals surface area contributed by atoms with Crippen LogP contribution in [0.3, 0.4) is 0 Å². The SMILES string of the molecule is CNc1cc(N(CCCl)CCCl)ccc1N(C)C. The normalized spacial score (nSPS) is 10.3. The van der Waals surface area contributed by atoms with Crippen molar-refractivity contribution in [2.24, 2.45) is 0 Å². The van der Waals surface area contributed by atoms with Crippen LogP contribution < -0.4 is 15.1 Å². The molecule has 0 saturated carbocycles. The molecule has 1 N–H and O–H groups in total. The van der Waals surface area contributed by atoms with E-state index in [1.807, 2.05) is 21.1 Å². The first-order valence-electron chi connectivity index (χ1n) is 6.00. The number of hydrogen-bond donors (Lipinski definition) is 1. The van der Waals surface area contributed by atoms with E-state index in [1.54, 1.807) is 0 Å². The van der Waals surface area contributed by atoms with Gasteiger partial charge in [-0.3, -0.25) is 0 Å². The van der Waals surface area contributed by atoms with Crippen molar-refractivity contribution < 1.29 is 0 Å². The van der Waals surface area contributed by atoms with Crippen molar-refractivity contribution in [3.05, 3.63) is 18.2 Å². The van der Waals surface area contributed by atoms with Crippen molar-refractivity contribution >= 4 is 40.3 Å². The summed E-state index contributed by atoms with van der Waals surface area (Å²) in [6.45, 7) is 1.61. The number of hydrogen-bond acceptors (Lipinski definition) is 3. The number of rotatable bonds is 7. The van der Waals surface area contributed by atoms with Crippen molar-refractivity contribution in [3.8, 4) is 0 Å². The lowest BCUT2D eigenvalue weighted by molar-refractivity contribution is 0.874. The summed E-state index contributed by atoms with van der Waals surface area (Å²) in [5.41, 5.74) is 3.41. The zero-order valence-electron chi connectivity index (χ0n) is 11.2. The number of alkyl halides is 2. The number of nitrogens with zero attached hydrogens (tertiary/aromatic N) is 2. The Hall–Kier alpha value is -0.800. The highest BCUT2D eigenvalue weighted by atomic mass is 35.5. The molecule has 18 heavy (non-hydrogen) atoms. The monoisotopic (exact) mass is 289 g/mol. The van der Waals surface area contributed by atoms with Crippen LogP contribution >= 0.6 is 23.2 Å². The predicted molar refractivity (Wildman–Crippen MR) is 84.0 cm³/mol. The first kappa shape index (κ1) is 15.3. The molecule has 0 bridgehead atoms. The van der Waals surface area contributed by atoms with E-state index < -0.39 is 0 Å². The largest absolute Gasteiger partial charge is 0.386 e. The highest BCUT2D eigenvalue weighted by Crippen LogP contribution is 2.29. The Labute approximate surface area is 120 Å². The molecule has 1 aromatic carbocycles. The van der Waals surface area contributed by atoms with Gasteiger partial charge in [-0.15, -0.1) is 23.2 Å². The third-order valence-corrected chi connectivity index (χ3v) is 3.14. The molecule has 0 aromatic heterocycles. The van der Waals surface area contributed by atoms with Gasteiger partial charge in [0.05, 0.1) is 11.4 Å². The Bertz CT molecular complexity index is 363. The molecule has 1 aromatic rings. The standard InChI is InChI=1S/C13H21Cl2N3/c1-16-12-10-11(4-5-13(12)17(2)3)18(8-6-14)9-7-15/h4-5,10,16H,6-9H2,1-3H3. The lowest BCUT2D eigenvalue weighted by Crippen LogP contribution is -2.27. The first-order valence-corrected chi connectivity index (χ1v) is 7.07. The van der Waals surface area contributed by atoms with Crippen molar-refractivity contribution in [3.63, 3.8) is 0 Å². The molecule has 0 fully saturated rings. The maximum Gasteiger partial charge on any atom is 0.0598 e. The molecule has 0 aliphatic carbocycles. The third kappa shape index (κ3) is 3.85. The van der Waals surface area contributed by atoms with Gasteiger partial charge in [-0.25, -0.2) is 0 Å². The summed E-state index contributed by atoms with van der Waals surface area (Å²) >= 11 is 11.7. The fraction of sp³-hybridized carbons (Fsp3) is 0.538. The maximum atomic E-state index is 5.83. The van der Waals surface area contributed by atoms with E-state index in [0.717, 1.165) is 30.2 Å². The van der Waals surface area contributed by atoms with Crippen molar-refractivity contribution in [2.75, 3.05) is 61.1 Å². The van der Waals surface area contributed by atoms with Crippen LogP contribution in [0.2, 0.25) is 0 Å². The van der Waals surface area contributed by atoms with Crippen LogP contribution in [-0.2, 0) is 0 Å². The summed E-state index contributed by atoms with van der Waals surface area (Å²) in [5, 5.41) is 3.22. The molecule has 0 unspecified atom stereocenters. The van der Waals surface area contributed by atoms with Crippen LogP contribution in [-0.4, -0.2) is 46.0 Å². The number of nitrogens with one attached hydrogen (secondary N) is 1. The van der Waals surface area contributed by atoms with Gasteiger partial charge >= 0.3 is 0 Å². The molecule has 0 radical (unpaired) electrons. The van der Waals surface area contributed by atoms with Gasteiger partial charge in [-0.1, -0.05) is 0 Å². The minimum Gasteiger partial charge on any atom is -0.386 e. The summed E-state index contributed by atoms with van der Waals surface area (Å²) in [5.74, 6) is 1.20. The highest BCUT2D eigenvalue weighted by Gasteiger charge is 2.09. The summed E-state index contributed by atoms with van der Waals surface area (Å²) < 4.78 is 0. The van der Waals surface area contributed by atoms with Gasteiger partial charge in [0.2, 0.25) is 0 Å². The van der Waals surface area contributed by atoms with E-state index in [0.29, 0.717) is 11.8 Å². The number of anilines is 3. The Morgan fingerprint density at radius 1 is 1.11 bits per heavy atom. The quantitative estimate of drug-likeness (QED) is 0.779. The average molecular weight is 290 g/mol. The minimum absolute atomic E-state index is 0.598. The molecule has 0 aliphatic heterocycles. The first-order chi connectivity index (χ1) is 8.63. The van der Waals surface area contributed by atoms with Crippen LogP contribution in [0.15, 0.2) is 18.2 Å². The summed E-state index contributed by atoms with van der Waals surface area (Å²) in [7, 11) is 6.00. The van der Waals surface area contributed by atoms with Crippen LogP contribution in [0.4, 0.5) is 17.1 Å². The summed E-state index contributed by atoms with van der Waals surface area (Å²) in [4.78, 5) is 4.28. The molecule has 3 nitrogen and oxygen atoms in total. The van der Waals surface area contributed by atoms with Gasteiger partial charge in [0, 0.05) is 51.7 Å². The second-order valence-corrected chi connectivity index (χ2v) is 4.97. The third-order valence-electron chi connectivity index (χ3n) is 2.81. The van der Waals surface area contributed by atoms with Crippen molar-refractivity contribution in [1.29, 1.82) is 0 Å². The van der Waals surface area contributed by atoms with Crippen molar-refractivity contribution in [2.45, 2.75) is 0 Å². The second kappa shape index (κ2) is 7.59. The Morgan fingerprint density at radius 2 is 1.72 bits per heavy atom. The molecular formula is C13H21Cl2N3. The van der Waals surface area contributed by atoms with Crippen LogP contribution in [0, 0.1) is 0 Å². The van der Waals surface area contributed by atoms with E-state index in [1.165, 1.54) is 0 Å². The van der Waals surface area contributed by atoms with Crippen LogP contribution in [0.5, 0.6) is 0 Å². The highest BCUT2D eigenvalue weighted by molar-refractivity contribution is 6.18. The lowest BCUT2D eigenvalue weighted by Gasteiger charge is -2.25. The van der Waals surface area contributed by atoms with E-state index in [2.05, 4.69) is 33.3 Å². The van der Waals surface area contributed by atoms with Gasteiger partial charge in [-0.05, 0) is 18.2 Å². The molecule has 0 saturated heterocycles. The van der Waals surface area contributed by atoms with Gasteiger partial charge in [-0.2, -0.15) is 0 Å². The maximum absolute atomic E-state index is 5.83. The number of benzene rings is 1. The minimum atomic E-state index is 0.598. The van der Waals surface area contributed by atoms with Gasteiger partial charge in [0.1, 0.15) is 0 Å².